The molecule has 0 aliphatic rings. The SMILES string of the molecule is CC(C)C[C@H](OC(=O)Nc1ccc(C(F)(F)F)cc1)C(=O)CCC(=O)OC(C)(C)C. The Morgan fingerprint density at radius 3 is 2.03 bits per heavy atom. The van der Waals surface area contributed by atoms with Crippen molar-refractivity contribution in [3.8, 4) is 0 Å². The van der Waals surface area contributed by atoms with Crippen LogP contribution in [0.5, 0.6) is 0 Å². The number of alkyl halides is 3. The van der Waals surface area contributed by atoms with Crippen LogP contribution in [0.1, 0.15) is 59.4 Å². The summed E-state index contributed by atoms with van der Waals surface area (Å²) in [5, 5.41) is 2.30. The van der Waals surface area contributed by atoms with E-state index in [1.165, 1.54) is 0 Å². The lowest BCUT2D eigenvalue weighted by atomic mass is 10.00. The Hall–Kier alpha value is -2.58. The van der Waals surface area contributed by atoms with Gasteiger partial charge in [-0.2, -0.15) is 13.2 Å². The lowest BCUT2D eigenvalue weighted by molar-refractivity contribution is -0.156. The van der Waals surface area contributed by atoms with E-state index in [1.54, 1.807) is 20.8 Å². The summed E-state index contributed by atoms with van der Waals surface area (Å²) < 4.78 is 48.1. The van der Waals surface area contributed by atoms with Crippen molar-refractivity contribution < 1.29 is 37.0 Å². The van der Waals surface area contributed by atoms with Crippen LogP contribution in [0.25, 0.3) is 0 Å². The predicted molar refractivity (Wildman–Crippen MR) is 105 cm³/mol. The number of carbonyl (C=O) groups is 3. The number of nitrogens with one attached hydrogen (secondary N) is 1. The van der Waals surface area contributed by atoms with Crippen LogP contribution in [-0.4, -0.2) is 29.6 Å². The number of halogens is 3. The second-order valence-electron chi connectivity index (χ2n) is 8.28. The van der Waals surface area contributed by atoms with Crippen molar-refractivity contribution in [2.45, 2.75) is 71.8 Å². The van der Waals surface area contributed by atoms with Gasteiger partial charge in [0.1, 0.15) is 5.60 Å². The van der Waals surface area contributed by atoms with E-state index in [0.717, 1.165) is 24.3 Å². The van der Waals surface area contributed by atoms with Gasteiger partial charge in [0.05, 0.1) is 12.0 Å². The van der Waals surface area contributed by atoms with Crippen LogP contribution in [0.4, 0.5) is 23.7 Å². The van der Waals surface area contributed by atoms with Crippen molar-refractivity contribution in [2.75, 3.05) is 5.32 Å². The number of ether oxygens (including phenoxy) is 2. The summed E-state index contributed by atoms with van der Waals surface area (Å²) in [6, 6.07) is 3.83. The molecular formula is C21H28F3NO5. The van der Waals surface area contributed by atoms with E-state index in [-0.39, 0.29) is 30.9 Å². The molecular weight excluding hydrogens is 403 g/mol. The second-order valence-corrected chi connectivity index (χ2v) is 8.28. The molecule has 0 spiro atoms. The summed E-state index contributed by atoms with van der Waals surface area (Å²) in [7, 11) is 0. The standard InChI is InChI=1S/C21H28F3NO5/c1-13(2)12-17(16(26)10-11-18(27)30-20(3,4)5)29-19(28)25-15-8-6-14(7-9-15)21(22,23)24/h6-9,13,17H,10-12H2,1-5H3,(H,25,28)/t17-/m0/s1. The Labute approximate surface area is 174 Å². The molecule has 0 unspecified atom stereocenters. The summed E-state index contributed by atoms with van der Waals surface area (Å²) >= 11 is 0. The first-order chi connectivity index (χ1) is 13.7. The predicted octanol–water partition coefficient (Wildman–Crippen LogP) is 5.36. The minimum atomic E-state index is -4.48. The average Bonchev–Trinajstić information content (AvgIpc) is 2.56. The van der Waals surface area contributed by atoms with E-state index in [0.29, 0.717) is 0 Å². The number of benzene rings is 1. The molecule has 0 saturated carbocycles. The number of esters is 1. The van der Waals surface area contributed by atoms with Gasteiger partial charge in [0, 0.05) is 12.1 Å². The van der Waals surface area contributed by atoms with E-state index < -0.39 is 41.3 Å². The lowest BCUT2D eigenvalue weighted by Crippen LogP contribution is -2.32. The molecule has 0 aromatic heterocycles. The van der Waals surface area contributed by atoms with Gasteiger partial charge in [0.15, 0.2) is 11.9 Å². The number of anilines is 1. The first kappa shape index (κ1) is 25.5. The van der Waals surface area contributed by atoms with Gasteiger partial charge >= 0.3 is 18.2 Å². The molecule has 30 heavy (non-hydrogen) atoms. The van der Waals surface area contributed by atoms with Crippen LogP contribution >= 0.6 is 0 Å². The molecule has 9 heteroatoms. The highest BCUT2D eigenvalue weighted by Gasteiger charge is 2.30. The fourth-order valence-corrected chi connectivity index (χ4v) is 2.47. The number of ketones is 1. The monoisotopic (exact) mass is 431 g/mol. The fraction of sp³-hybridized carbons (Fsp3) is 0.571. The first-order valence-electron chi connectivity index (χ1n) is 9.57. The van der Waals surface area contributed by atoms with Crippen molar-refractivity contribution in [3.05, 3.63) is 29.8 Å². The van der Waals surface area contributed by atoms with Gasteiger partial charge in [-0.15, -0.1) is 0 Å². The Kier molecular flexibility index (Phi) is 8.87. The van der Waals surface area contributed by atoms with Crippen LogP contribution in [0, 0.1) is 5.92 Å². The third-order valence-corrected chi connectivity index (χ3v) is 3.75. The molecule has 0 saturated heterocycles. The number of hydrogen-bond donors (Lipinski definition) is 1. The molecule has 1 rings (SSSR count). The smallest absolute Gasteiger partial charge is 0.416 e. The van der Waals surface area contributed by atoms with Gasteiger partial charge in [-0.3, -0.25) is 14.9 Å². The largest absolute Gasteiger partial charge is 0.460 e. The Morgan fingerprint density at radius 1 is 1.00 bits per heavy atom. The van der Waals surface area contributed by atoms with Crippen molar-refractivity contribution in [1.82, 2.24) is 0 Å². The minimum absolute atomic E-state index is 0.0272. The summed E-state index contributed by atoms with van der Waals surface area (Å²) in [6.45, 7) is 8.81. The molecule has 6 nitrogen and oxygen atoms in total. The van der Waals surface area contributed by atoms with E-state index in [2.05, 4.69) is 5.32 Å². The van der Waals surface area contributed by atoms with E-state index in [9.17, 15) is 27.6 Å². The third-order valence-electron chi connectivity index (χ3n) is 3.75. The van der Waals surface area contributed by atoms with Gasteiger partial charge in [-0.05, 0) is 57.4 Å². The van der Waals surface area contributed by atoms with E-state index >= 15 is 0 Å². The summed E-state index contributed by atoms with van der Waals surface area (Å²) in [4.78, 5) is 36.4. The van der Waals surface area contributed by atoms with Crippen LogP contribution in [0.2, 0.25) is 0 Å². The zero-order valence-electron chi connectivity index (χ0n) is 17.8. The summed E-state index contributed by atoms with van der Waals surface area (Å²) in [5.74, 6) is -0.940. The average molecular weight is 431 g/mol. The van der Waals surface area contributed by atoms with Gasteiger partial charge in [-0.1, -0.05) is 13.8 Å². The fourth-order valence-electron chi connectivity index (χ4n) is 2.47. The molecule has 168 valence electrons. The van der Waals surface area contributed by atoms with E-state index in [1.807, 2.05) is 13.8 Å². The number of amides is 1. The number of rotatable bonds is 8. The Bertz CT molecular complexity index is 736. The highest BCUT2D eigenvalue weighted by atomic mass is 19.4. The number of hydrogen-bond acceptors (Lipinski definition) is 5. The molecule has 0 bridgehead atoms. The normalized spacial score (nSPS) is 13.0. The Balaban J connectivity index is 2.69. The highest BCUT2D eigenvalue weighted by Crippen LogP contribution is 2.29. The summed E-state index contributed by atoms with van der Waals surface area (Å²) in [5.41, 5.74) is -1.43. The molecule has 1 aromatic rings. The topological polar surface area (TPSA) is 81.7 Å². The second kappa shape index (κ2) is 10.4. The molecule has 1 aromatic carbocycles. The van der Waals surface area contributed by atoms with Crippen molar-refractivity contribution >= 4 is 23.5 Å². The van der Waals surface area contributed by atoms with Crippen LogP contribution in [-0.2, 0) is 25.2 Å². The first-order valence-corrected chi connectivity index (χ1v) is 9.57. The summed E-state index contributed by atoms with van der Waals surface area (Å²) in [6.07, 6.45) is -6.59. The maximum absolute atomic E-state index is 12.6. The lowest BCUT2D eigenvalue weighted by Gasteiger charge is -2.21. The molecule has 1 amide bonds. The quantitative estimate of drug-likeness (QED) is 0.561. The highest BCUT2D eigenvalue weighted by molar-refractivity contribution is 5.91. The number of Topliss-reactive ketones (excluding diaryl/α,β-unsaturated/α-hetero) is 1. The van der Waals surface area contributed by atoms with Gasteiger partial charge in [0.25, 0.3) is 0 Å². The molecule has 0 aliphatic heterocycles. The maximum Gasteiger partial charge on any atom is 0.416 e. The Morgan fingerprint density at radius 2 is 1.57 bits per heavy atom. The maximum atomic E-state index is 12.6. The molecule has 0 aliphatic carbocycles. The van der Waals surface area contributed by atoms with Crippen LogP contribution in [0.15, 0.2) is 24.3 Å². The molecule has 0 radical (unpaired) electrons. The third kappa shape index (κ3) is 9.76. The van der Waals surface area contributed by atoms with Gasteiger partial charge in [0.2, 0.25) is 0 Å². The molecule has 1 N–H and O–H groups in total. The zero-order chi connectivity index (χ0) is 23.1. The molecule has 0 fully saturated rings. The molecule has 0 heterocycles. The van der Waals surface area contributed by atoms with Crippen molar-refractivity contribution in [3.63, 3.8) is 0 Å². The van der Waals surface area contributed by atoms with Crippen molar-refractivity contribution in [1.29, 1.82) is 0 Å². The molecule has 1 atom stereocenters. The zero-order valence-corrected chi connectivity index (χ0v) is 17.8. The van der Waals surface area contributed by atoms with E-state index in [4.69, 9.17) is 9.47 Å². The van der Waals surface area contributed by atoms with Crippen LogP contribution < -0.4 is 5.32 Å². The van der Waals surface area contributed by atoms with Gasteiger partial charge < -0.3 is 9.47 Å². The van der Waals surface area contributed by atoms with Gasteiger partial charge in [-0.25, -0.2) is 4.79 Å². The number of carbonyl (C=O) groups excluding carboxylic acids is 3. The van der Waals surface area contributed by atoms with Crippen molar-refractivity contribution in [2.24, 2.45) is 5.92 Å². The minimum Gasteiger partial charge on any atom is -0.460 e. The van der Waals surface area contributed by atoms with Crippen LogP contribution in [0.3, 0.4) is 0 Å².